The van der Waals surface area contributed by atoms with Gasteiger partial charge in [0.25, 0.3) is 0 Å². The summed E-state index contributed by atoms with van der Waals surface area (Å²) in [6, 6.07) is 12.0. The van der Waals surface area contributed by atoms with Crippen LogP contribution in [0.4, 0.5) is 0 Å². The molecule has 0 radical (unpaired) electrons. The lowest BCUT2D eigenvalue weighted by molar-refractivity contribution is 0.702. The average Bonchev–Trinajstić information content (AvgIpc) is 3.39. The second-order valence-corrected chi connectivity index (χ2v) is 7.92. The van der Waals surface area contributed by atoms with E-state index in [4.69, 9.17) is 4.98 Å². The van der Waals surface area contributed by atoms with Crippen LogP contribution in [-0.4, -0.2) is 35.2 Å². The molecule has 0 unspecified atom stereocenters. The summed E-state index contributed by atoms with van der Waals surface area (Å²) in [6.45, 7) is 0. The van der Waals surface area contributed by atoms with E-state index in [-0.39, 0.29) is 0 Å². The van der Waals surface area contributed by atoms with Crippen molar-refractivity contribution >= 4 is 40.1 Å². The van der Waals surface area contributed by atoms with Gasteiger partial charge in [-0.05, 0) is 57.2 Å². The number of hydrogen-bond donors (Lipinski definition) is 1. The van der Waals surface area contributed by atoms with Gasteiger partial charge in [-0.1, -0.05) is 12.1 Å². The van der Waals surface area contributed by atoms with Crippen LogP contribution in [0.5, 0.6) is 0 Å². The highest BCUT2D eigenvalue weighted by Crippen LogP contribution is 2.37. The lowest BCUT2D eigenvalue weighted by atomic mass is 10.2. The van der Waals surface area contributed by atoms with Gasteiger partial charge >= 0.3 is 0 Å². The highest BCUT2D eigenvalue weighted by molar-refractivity contribution is 7.99. The fraction of sp³-hybridized carbons (Fsp3) is 0. The first-order valence-electron chi connectivity index (χ1n) is 7.28. The van der Waals surface area contributed by atoms with Crippen LogP contribution in [0.1, 0.15) is 0 Å². The van der Waals surface area contributed by atoms with Crippen molar-refractivity contribution < 1.29 is 0 Å². The quantitative estimate of drug-likeness (QED) is 0.507. The van der Waals surface area contributed by atoms with Gasteiger partial charge in [0, 0.05) is 0 Å². The third-order valence-electron chi connectivity index (χ3n) is 3.45. The third-order valence-corrected chi connectivity index (χ3v) is 6.03. The first kappa shape index (κ1) is 14.8. The smallest absolute Gasteiger partial charge is 0.200 e. The largest absolute Gasteiger partial charge is 0.331 e. The Morgan fingerprint density at radius 2 is 1.84 bits per heavy atom. The molecule has 0 atom stereocenters. The number of tetrazole rings is 1. The van der Waals surface area contributed by atoms with Crippen molar-refractivity contribution in [3.05, 3.63) is 47.2 Å². The summed E-state index contributed by atoms with van der Waals surface area (Å²) in [5.41, 5.74) is 2.61. The molecule has 5 aromatic heterocycles. The van der Waals surface area contributed by atoms with Crippen molar-refractivity contribution in [1.82, 2.24) is 35.2 Å². The Morgan fingerprint density at radius 1 is 1.00 bits per heavy atom. The first-order valence-corrected chi connectivity index (χ1v) is 9.85. The normalized spacial score (nSPS) is 11.4. The van der Waals surface area contributed by atoms with Crippen molar-refractivity contribution in [3.8, 4) is 21.1 Å². The molecule has 0 amide bonds. The van der Waals surface area contributed by atoms with Crippen LogP contribution < -0.4 is 0 Å². The summed E-state index contributed by atoms with van der Waals surface area (Å²) in [7, 11) is 0. The molecule has 7 nitrogen and oxygen atoms in total. The van der Waals surface area contributed by atoms with Gasteiger partial charge in [0.15, 0.2) is 10.8 Å². The second kappa shape index (κ2) is 6.06. The monoisotopic (exact) mass is 383 g/mol. The summed E-state index contributed by atoms with van der Waals surface area (Å²) >= 11 is 4.82. The molecule has 122 valence electrons. The highest BCUT2D eigenvalue weighted by atomic mass is 32.2. The maximum Gasteiger partial charge on any atom is 0.200 e. The van der Waals surface area contributed by atoms with E-state index in [0.717, 1.165) is 31.3 Å². The molecule has 0 saturated carbocycles. The Kier molecular flexibility index (Phi) is 3.58. The Hall–Kier alpha value is -2.56. The third kappa shape index (κ3) is 2.73. The fourth-order valence-electron chi connectivity index (χ4n) is 2.38. The summed E-state index contributed by atoms with van der Waals surface area (Å²) < 4.78 is 1.41. The molecule has 1 N–H and O–H groups in total. The summed E-state index contributed by atoms with van der Waals surface area (Å²) in [5, 5.41) is 21.4. The predicted octanol–water partition coefficient (Wildman–Crippen LogP) is 3.85. The zero-order chi connectivity index (χ0) is 16.6. The van der Waals surface area contributed by atoms with E-state index in [1.807, 2.05) is 24.3 Å². The van der Waals surface area contributed by atoms with Crippen molar-refractivity contribution in [3.63, 3.8) is 0 Å². The van der Waals surface area contributed by atoms with Gasteiger partial charge < -0.3 is 4.98 Å². The number of fused-ring (bicyclic) bond motifs is 1. The number of thiophene rings is 2. The molecule has 0 spiro atoms. The molecule has 5 aromatic rings. The van der Waals surface area contributed by atoms with Crippen LogP contribution in [0.25, 0.3) is 26.8 Å². The zero-order valence-electron chi connectivity index (χ0n) is 12.5. The molecular weight excluding hydrogens is 374 g/mol. The summed E-state index contributed by atoms with van der Waals surface area (Å²) in [6.07, 6.45) is 0. The maximum atomic E-state index is 4.80. The molecule has 5 rings (SSSR count). The maximum absolute atomic E-state index is 4.80. The number of nitrogens with zero attached hydrogens (tertiary/aromatic N) is 6. The minimum atomic E-state index is 0.613. The lowest BCUT2D eigenvalue weighted by Gasteiger charge is -1.96. The highest BCUT2D eigenvalue weighted by Gasteiger charge is 2.17. The van der Waals surface area contributed by atoms with E-state index >= 15 is 0 Å². The van der Waals surface area contributed by atoms with Crippen LogP contribution in [0.3, 0.4) is 0 Å². The van der Waals surface area contributed by atoms with Crippen molar-refractivity contribution in [2.75, 3.05) is 0 Å². The molecule has 0 saturated heterocycles. The summed E-state index contributed by atoms with van der Waals surface area (Å²) in [4.78, 5) is 10.5. The number of aromatic amines is 1. The molecule has 5 heterocycles. The van der Waals surface area contributed by atoms with E-state index in [1.54, 1.807) is 22.7 Å². The number of rotatable bonds is 4. The topological polar surface area (TPSA) is 84.7 Å². The molecule has 25 heavy (non-hydrogen) atoms. The minimum Gasteiger partial charge on any atom is -0.331 e. The van der Waals surface area contributed by atoms with Crippen LogP contribution in [0, 0.1) is 0 Å². The second-order valence-electron chi connectivity index (χ2n) is 5.02. The van der Waals surface area contributed by atoms with E-state index in [9.17, 15) is 0 Å². The van der Waals surface area contributed by atoms with Crippen molar-refractivity contribution in [2.24, 2.45) is 0 Å². The minimum absolute atomic E-state index is 0.613. The molecule has 0 aromatic carbocycles. The molecule has 0 bridgehead atoms. The van der Waals surface area contributed by atoms with Gasteiger partial charge in [0.1, 0.15) is 10.7 Å². The van der Waals surface area contributed by atoms with Gasteiger partial charge in [0.2, 0.25) is 0 Å². The van der Waals surface area contributed by atoms with Crippen LogP contribution in [-0.2, 0) is 0 Å². The Labute approximate surface area is 153 Å². The van der Waals surface area contributed by atoms with Gasteiger partial charge in [-0.15, -0.1) is 37.5 Å². The Bertz CT molecular complexity index is 1070. The van der Waals surface area contributed by atoms with Crippen molar-refractivity contribution in [2.45, 2.75) is 10.2 Å². The van der Waals surface area contributed by atoms with Crippen LogP contribution in [0.2, 0.25) is 0 Å². The van der Waals surface area contributed by atoms with E-state index in [1.165, 1.54) is 16.4 Å². The zero-order valence-corrected chi connectivity index (χ0v) is 15.0. The number of imidazole rings is 1. The summed E-state index contributed by atoms with van der Waals surface area (Å²) in [5.74, 6) is 0. The molecule has 0 aliphatic rings. The Balaban J connectivity index is 1.56. The average molecular weight is 383 g/mol. The lowest BCUT2D eigenvalue weighted by Crippen LogP contribution is -1.95. The van der Waals surface area contributed by atoms with Crippen LogP contribution in [0.15, 0.2) is 57.3 Å². The number of nitrogens with one attached hydrogen (secondary N) is 1. The fourth-order valence-corrected chi connectivity index (χ4v) is 4.57. The standard InChI is InChI=1S/C15H9N7S3/c1-3-9(23-7-1)13-14(10-4-2-8-24-10)17-15(16-13)25-12-6-5-11-18-20-21-22(11)19-12/h1-8H,(H,16,17). The number of aromatic nitrogens is 7. The molecule has 10 heteroatoms. The predicted molar refractivity (Wildman–Crippen MR) is 97.9 cm³/mol. The van der Waals surface area contributed by atoms with Crippen LogP contribution >= 0.6 is 34.4 Å². The van der Waals surface area contributed by atoms with E-state index in [0.29, 0.717) is 5.65 Å². The van der Waals surface area contributed by atoms with Gasteiger partial charge in [-0.25, -0.2) is 4.98 Å². The van der Waals surface area contributed by atoms with Gasteiger partial charge in [-0.2, -0.15) is 0 Å². The molecule has 0 aliphatic heterocycles. The SMILES string of the molecule is c1csc(-c2nc(Sc3ccc4nnnn4n3)[nH]c2-c2cccs2)c1. The van der Waals surface area contributed by atoms with Gasteiger partial charge in [-0.3, -0.25) is 0 Å². The van der Waals surface area contributed by atoms with Crippen molar-refractivity contribution in [1.29, 1.82) is 0 Å². The Morgan fingerprint density at radius 3 is 2.64 bits per heavy atom. The first-order chi connectivity index (χ1) is 12.4. The van der Waals surface area contributed by atoms with E-state index < -0.39 is 0 Å². The molecule has 0 aliphatic carbocycles. The number of hydrogen-bond acceptors (Lipinski definition) is 8. The number of H-pyrrole nitrogens is 1. The molecule has 0 fully saturated rings. The molecular formula is C15H9N7S3. The van der Waals surface area contributed by atoms with Gasteiger partial charge in [0.05, 0.1) is 15.4 Å². The van der Waals surface area contributed by atoms with E-state index in [2.05, 4.69) is 48.5 Å².